The van der Waals surface area contributed by atoms with Crippen LogP contribution >= 0.6 is 11.8 Å². The first-order chi connectivity index (χ1) is 5.86. The Morgan fingerprint density at radius 2 is 2.50 bits per heavy atom. The van der Waals surface area contributed by atoms with Crippen molar-refractivity contribution in [3.05, 3.63) is 0 Å². The van der Waals surface area contributed by atoms with Crippen LogP contribution in [0.1, 0.15) is 19.8 Å². The van der Waals surface area contributed by atoms with Crippen LogP contribution in [0.4, 0.5) is 0 Å². The van der Waals surface area contributed by atoms with Crippen molar-refractivity contribution >= 4 is 18.0 Å². The molecule has 70 valence electrons. The molecule has 1 aliphatic heterocycles. The minimum atomic E-state index is 0.696. The number of aldehydes is 1. The zero-order valence-corrected chi connectivity index (χ0v) is 8.48. The minimum absolute atomic E-state index is 0.696. The molecule has 1 fully saturated rings. The Balaban J connectivity index is 2.20. The van der Waals surface area contributed by atoms with E-state index in [-0.39, 0.29) is 0 Å². The average molecular weight is 187 g/mol. The van der Waals surface area contributed by atoms with Crippen molar-refractivity contribution in [2.24, 2.45) is 0 Å². The molecule has 1 aliphatic rings. The predicted molar refractivity (Wildman–Crippen MR) is 53.7 cm³/mol. The number of hydrogen-bond donors (Lipinski definition) is 0. The molecule has 0 saturated carbocycles. The molecule has 0 aromatic rings. The van der Waals surface area contributed by atoms with Gasteiger partial charge in [0.25, 0.3) is 0 Å². The molecule has 1 saturated heterocycles. The smallest absolute Gasteiger partial charge is 0.121 e. The summed E-state index contributed by atoms with van der Waals surface area (Å²) in [6.45, 7) is 5.53. The van der Waals surface area contributed by atoms with Crippen molar-refractivity contribution in [1.29, 1.82) is 0 Å². The van der Waals surface area contributed by atoms with Crippen molar-refractivity contribution in [2.45, 2.75) is 25.0 Å². The van der Waals surface area contributed by atoms with Crippen LogP contribution < -0.4 is 0 Å². The van der Waals surface area contributed by atoms with Gasteiger partial charge in [0, 0.05) is 37.1 Å². The Labute approximate surface area is 78.7 Å². The van der Waals surface area contributed by atoms with Crippen LogP contribution in [0.5, 0.6) is 0 Å². The fraction of sp³-hybridized carbons (Fsp3) is 0.889. The highest BCUT2D eigenvalue weighted by Crippen LogP contribution is 2.20. The third-order valence-corrected chi connectivity index (χ3v) is 3.61. The van der Waals surface area contributed by atoms with Gasteiger partial charge in [0.2, 0.25) is 0 Å². The van der Waals surface area contributed by atoms with Crippen LogP contribution in [-0.2, 0) is 4.79 Å². The summed E-state index contributed by atoms with van der Waals surface area (Å²) < 4.78 is 0. The molecule has 0 aromatic heterocycles. The lowest BCUT2D eigenvalue weighted by atomic mass is 10.3. The van der Waals surface area contributed by atoms with E-state index in [2.05, 4.69) is 23.6 Å². The summed E-state index contributed by atoms with van der Waals surface area (Å²) in [5.41, 5.74) is 0. The fourth-order valence-electron chi connectivity index (χ4n) is 1.47. The fourth-order valence-corrected chi connectivity index (χ4v) is 2.71. The van der Waals surface area contributed by atoms with E-state index in [1.807, 2.05) is 0 Å². The average Bonchev–Trinajstić information content (AvgIpc) is 2.15. The molecule has 3 heteroatoms. The Morgan fingerprint density at radius 1 is 1.67 bits per heavy atom. The van der Waals surface area contributed by atoms with E-state index in [1.54, 1.807) is 0 Å². The van der Waals surface area contributed by atoms with Gasteiger partial charge >= 0.3 is 0 Å². The molecule has 12 heavy (non-hydrogen) atoms. The molecule has 0 amide bonds. The highest BCUT2D eigenvalue weighted by atomic mass is 32.2. The third kappa shape index (κ3) is 3.15. The van der Waals surface area contributed by atoms with E-state index in [0.29, 0.717) is 6.42 Å². The van der Waals surface area contributed by atoms with Crippen molar-refractivity contribution < 1.29 is 4.79 Å². The zero-order valence-electron chi connectivity index (χ0n) is 7.66. The van der Waals surface area contributed by atoms with Crippen molar-refractivity contribution in [3.63, 3.8) is 0 Å². The molecule has 0 spiro atoms. The molecule has 0 radical (unpaired) electrons. The molecule has 0 aliphatic carbocycles. The summed E-state index contributed by atoms with van der Waals surface area (Å²) in [5, 5.41) is 0.797. The lowest BCUT2D eigenvalue weighted by molar-refractivity contribution is -0.108. The maximum absolute atomic E-state index is 10.2. The second-order valence-corrected chi connectivity index (χ2v) is 4.57. The van der Waals surface area contributed by atoms with Crippen molar-refractivity contribution in [1.82, 2.24) is 4.90 Å². The quantitative estimate of drug-likeness (QED) is 0.621. The lowest BCUT2D eigenvalue weighted by Crippen LogP contribution is -2.38. The summed E-state index contributed by atoms with van der Waals surface area (Å²) in [5.74, 6) is 1.23. The van der Waals surface area contributed by atoms with Gasteiger partial charge in [0.15, 0.2) is 0 Å². The lowest BCUT2D eigenvalue weighted by Gasteiger charge is -2.31. The number of carbonyl (C=O) groups is 1. The van der Waals surface area contributed by atoms with E-state index >= 15 is 0 Å². The Hall–Kier alpha value is -0.0200. The van der Waals surface area contributed by atoms with Crippen LogP contribution in [0, 0.1) is 0 Å². The summed E-state index contributed by atoms with van der Waals surface area (Å²) in [6.07, 6.45) is 2.96. The number of carbonyl (C=O) groups excluding carboxylic acids is 1. The summed E-state index contributed by atoms with van der Waals surface area (Å²) in [7, 11) is 0. The van der Waals surface area contributed by atoms with Crippen molar-refractivity contribution in [3.8, 4) is 0 Å². The Morgan fingerprint density at radius 3 is 3.17 bits per heavy atom. The van der Waals surface area contributed by atoms with Gasteiger partial charge < -0.3 is 9.69 Å². The van der Waals surface area contributed by atoms with E-state index in [1.165, 1.54) is 18.7 Å². The largest absolute Gasteiger partial charge is 0.303 e. The summed E-state index contributed by atoms with van der Waals surface area (Å²) >= 11 is 2.07. The first kappa shape index (κ1) is 10.1. The third-order valence-electron chi connectivity index (χ3n) is 2.24. The molecule has 2 nitrogen and oxygen atoms in total. The predicted octanol–water partition coefficient (Wildman–Crippen LogP) is 1.40. The highest BCUT2D eigenvalue weighted by molar-refractivity contribution is 8.00. The van der Waals surface area contributed by atoms with Gasteiger partial charge in [-0.3, -0.25) is 0 Å². The monoisotopic (exact) mass is 187 g/mol. The second kappa shape index (κ2) is 5.60. The van der Waals surface area contributed by atoms with E-state index in [0.717, 1.165) is 24.6 Å². The summed E-state index contributed by atoms with van der Waals surface area (Å²) in [6, 6.07) is 0. The standard InChI is InChI=1S/C9H17NOS/c1-2-9-8-10(4-3-6-11)5-7-12-9/h6,9H,2-5,7-8H2,1H3. The van der Waals surface area contributed by atoms with E-state index < -0.39 is 0 Å². The second-order valence-electron chi connectivity index (χ2n) is 3.16. The maximum atomic E-state index is 10.2. The molecule has 0 N–H and O–H groups in total. The maximum Gasteiger partial charge on any atom is 0.121 e. The van der Waals surface area contributed by atoms with Crippen LogP contribution in [-0.4, -0.2) is 41.8 Å². The Bertz CT molecular complexity index is 140. The van der Waals surface area contributed by atoms with E-state index in [9.17, 15) is 4.79 Å². The van der Waals surface area contributed by atoms with Gasteiger partial charge in [-0.05, 0) is 6.42 Å². The first-order valence-corrected chi connectivity index (χ1v) is 5.69. The first-order valence-electron chi connectivity index (χ1n) is 4.64. The molecule has 1 heterocycles. The number of thioether (sulfide) groups is 1. The zero-order chi connectivity index (χ0) is 8.81. The SMILES string of the molecule is CCC1CN(CCC=O)CCS1. The molecule has 1 atom stereocenters. The summed E-state index contributed by atoms with van der Waals surface area (Å²) in [4.78, 5) is 12.6. The Kier molecular flexibility index (Phi) is 4.69. The molecule has 1 unspecified atom stereocenters. The van der Waals surface area contributed by atoms with Crippen LogP contribution in [0.15, 0.2) is 0 Å². The minimum Gasteiger partial charge on any atom is -0.303 e. The molecular formula is C9H17NOS. The topological polar surface area (TPSA) is 20.3 Å². The van der Waals surface area contributed by atoms with Gasteiger partial charge in [-0.15, -0.1) is 0 Å². The van der Waals surface area contributed by atoms with Gasteiger partial charge in [0.1, 0.15) is 6.29 Å². The number of hydrogen-bond acceptors (Lipinski definition) is 3. The molecule has 1 rings (SSSR count). The van der Waals surface area contributed by atoms with E-state index in [4.69, 9.17) is 0 Å². The number of rotatable bonds is 4. The van der Waals surface area contributed by atoms with Crippen LogP contribution in [0.2, 0.25) is 0 Å². The van der Waals surface area contributed by atoms with Crippen LogP contribution in [0.25, 0.3) is 0 Å². The normalized spacial score (nSPS) is 25.6. The van der Waals surface area contributed by atoms with Gasteiger partial charge in [-0.1, -0.05) is 6.92 Å². The van der Waals surface area contributed by atoms with Crippen molar-refractivity contribution in [2.75, 3.05) is 25.4 Å². The van der Waals surface area contributed by atoms with Crippen LogP contribution in [0.3, 0.4) is 0 Å². The molecule has 0 bridgehead atoms. The highest BCUT2D eigenvalue weighted by Gasteiger charge is 2.17. The molecule has 0 aromatic carbocycles. The number of nitrogens with zero attached hydrogens (tertiary/aromatic N) is 1. The molecular weight excluding hydrogens is 170 g/mol. The van der Waals surface area contributed by atoms with Gasteiger partial charge in [-0.25, -0.2) is 0 Å². The van der Waals surface area contributed by atoms with Gasteiger partial charge in [0.05, 0.1) is 0 Å². The van der Waals surface area contributed by atoms with Gasteiger partial charge in [-0.2, -0.15) is 11.8 Å².